The molecule has 0 unspecified atom stereocenters. The molecule has 0 saturated heterocycles. The summed E-state index contributed by atoms with van der Waals surface area (Å²) in [5, 5.41) is 0. The van der Waals surface area contributed by atoms with E-state index in [1.807, 2.05) is 18.2 Å². The van der Waals surface area contributed by atoms with Crippen LogP contribution in [0.4, 0.5) is 8.78 Å². The fraction of sp³-hybridized carbons (Fsp3) is 0.133. The summed E-state index contributed by atoms with van der Waals surface area (Å²) in [4.78, 5) is 7.60. The molecular formula is C15H13F2N3O. The highest BCUT2D eigenvalue weighted by Gasteiger charge is 2.09. The Morgan fingerprint density at radius 1 is 1.19 bits per heavy atom. The second-order valence-corrected chi connectivity index (χ2v) is 4.55. The number of hydrogen-bond acceptors (Lipinski definition) is 3. The maximum Gasteiger partial charge on any atom is 0.387 e. The van der Waals surface area contributed by atoms with Gasteiger partial charge in [0.05, 0.1) is 11.0 Å². The predicted octanol–water partition coefficient (Wildman–Crippen LogP) is 3.29. The molecule has 0 aliphatic carbocycles. The molecule has 0 atom stereocenters. The van der Waals surface area contributed by atoms with Gasteiger partial charge in [0.2, 0.25) is 0 Å². The topological polar surface area (TPSA) is 63.9 Å². The van der Waals surface area contributed by atoms with E-state index in [-0.39, 0.29) is 5.75 Å². The number of nitrogens with one attached hydrogen (secondary N) is 1. The number of alkyl halides is 2. The number of ether oxygens (including phenoxy) is 1. The van der Waals surface area contributed by atoms with Crippen LogP contribution >= 0.6 is 0 Å². The number of nitrogens with two attached hydrogens (primary N) is 1. The lowest BCUT2D eigenvalue weighted by Gasteiger charge is -2.05. The Morgan fingerprint density at radius 3 is 2.81 bits per heavy atom. The molecule has 2 aromatic carbocycles. The number of hydrogen-bond donors (Lipinski definition) is 2. The molecule has 0 amide bonds. The van der Waals surface area contributed by atoms with Crippen LogP contribution in [0.2, 0.25) is 0 Å². The van der Waals surface area contributed by atoms with E-state index in [0.29, 0.717) is 17.9 Å². The van der Waals surface area contributed by atoms with E-state index in [1.165, 1.54) is 12.1 Å². The monoisotopic (exact) mass is 289 g/mol. The number of aromatic nitrogens is 2. The number of nitrogens with zero attached hydrogens (tertiary/aromatic N) is 1. The van der Waals surface area contributed by atoms with Gasteiger partial charge < -0.3 is 15.5 Å². The van der Waals surface area contributed by atoms with Crippen LogP contribution in [0.3, 0.4) is 0 Å². The summed E-state index contributed by atoms with van der Waals surface area (Å²) in [6.45, 7) is -2.40. The smallest absolute Gasteiger partial charge is 0.387 e. The van der Waals surface area contributed by atoms with E-state index in [9.17, 15) is 8.78 Å². The fourth-order valence-electron chi connectivity index (χ4n) is 2.14. The van der Waals surface area contributed by atoms with E-state index >= 15 is 0 Å². The summed E-state index contributed by atoms with van der Waals surface area (Å²) in [5.74, 6) is 0.699. The lowest BCUT2D eigenvalue weighted by Crippen LogP contribution is -2.01. The van der Waals surface area contributed by atoms with Crippen molar-refractivity contribution in [3.05, 3.63) is 48.0 Å². The summed E-state index contributed by atoms with van der Waals surface area (Å²) in [7, 11) is 0. The number of halogens is 2. The molecule has 0 aliphatic heterocycles. The zero-order valence-electron chi connectivity index (χ0n) is 11.0. The molecule has 1 heterocycles. The van der Waals surface area contributed by atoms with Crippen LogP contribution in [0.15, 0.2) is 42.5 Å². The van der Waals surface area contributed by atoms with Crippen molar-refractivity contribution in [1.29, 1.82) is 0 Å². The first kappa shape index (κ1) is 13.5. The van der Waals surface area contributed by atoms with Gasteiger partial charge in [-0.15, -0.1) is 0 Å². The van der Waals surface area contributed by atoms with Gasteiger partial charge in [0.25, 0.3) is 0 Å². The maximum absolute atomic E-state index is 12.2. The highest BCUT2D eigenvalue weighted by atomic mass is 19.3. The third kappa shape index (κ3) is 2.85. The van der Waals surface area contributed by atoms with Crippen molar-refractivity contribution in [2.75, 3.05) is 0 Å². The molecule has 21 heavy (non-hydrogen) atoms. The second-order valence-electron chi connectivity index (χ2n) is 4.55. The minimum atomic E-state index is -2.84. The van der Waals surface area contributed by atoms with Crippen LogP contribution in [0.1, 0.15) is 5.56 Å². The third-order valence-electron chi connectivity index (χ3n) is 3.11. The Bertz CT molecular complexity index is 770. The van der Waals surface area contributed by atoms with Crippen molar-refractivity contribution in [2.45, 2.75) is 13.2 Å². The standard InChI is InChI=1S/C15H13F2N3O/c16-15(17)21-11-3-1-2-10(7-11)14-19-12-5-4-9(8-18)6-13(12)20-14/h1-7,15H,8,18H2,(H,19,20). The van der Waals surface area contributed by atoms with Gasteiger partial charge in [-0.1, -0.05) is 18.2 Å². The molecule has 0 spiro atoms. The lowest BCUT2D eigenvalue weighted by atomic mass is 10.2. The summed E-state index contributed by atoms with van der Waals surface area (Å²) in [6.07, 6.45) is 0. The normalized spacial score (nSPS) is 11.2. The third-order valence-corrected chi connectivity index (χ3v) is 3.11. The van der Waals surface area contributed by atoms with Gasteiger partial charge in [-0.05, 0) is 29.8 Å². The molecule has 3 aromatic rings. The number of fused-ring (bicyclic) bond motifs is 1. The lowest BCUT2D eigenvalue weighted by molar-refractivity contribution is -0.0498. The molecular weight excluding hydrogens is 276 g/mol. The first-order valence-corrected chi connectivity index (χ1v) is 6.39. The van der Waals surface area contributed by atoms with Crippen molar-refractivity contribution >= 4 is 11.0 Å². The molecule has 6 heteroatoms. The maximum atomic E-state index is 12.2. The van der Waals surface area contributed by atoms with E-state index in [2.05, 4.69) is 14.7 Å². The quantitative estimate of drug-likeness (QED) is 0.774. The molecule has 3 rings (SSSR count). The number of imidazole rings is 1. The molecule has 4 nitrogen and oxygen atoms in total. The zero-order valence-corrected chi connectivity index (χ0v) is 11.0. The van der Waals surface area contributed by atoms with Gasteiger partial charge in [-0.25, -0.2) is 4.98 Å². The molecule has 1 aromatic heterocycles. The zero-order chi connectivity index (χ0) is 14.8. The first-order valence-electron chi connectivity index (χ1n) is 6.39. The molecule has 0 saturated carbocycles. The van der Waals surface area contributed by atoms with Gasteiger partial charge in [0, 0.05) is 12.1 Å². The summed E-state index contributed by atoms with van der Waals surface area (Å²) < 4.78 is 28.9. The van der Waals surface area contributed by atoms with Crippen molar-refractivity contribution in [1.82, 2.24) is 9.97 Å². The Hall–Kier alpha value is -2.47. The van der Waals surface area contributed by atoms with Crippen LogP contribution in [0, 0.1) is 0 Å². The summed E-state index contributed by atoms with van der Waals surface area (Å²) in [5.41, 5.74) is 8.92. The Labute approximate surface area is 119 Å². The minimum absolute atomic E-state index is 0.102. The second kappa shape index (κ2) is 5.49. The van der Waals surface area contributed by atoms with Crippen molar-refractivity contribution < 1.29 is 13.5 Å². The Morgan fingerprint density at radius 2 is 2.05 bits per heavy atom. The van der Waals surface area contributed by atoms with Crippen molar-refractivity contribution in [2.24, 2.45) is 5.73 Å². The van der Waals surface area contributed by atoms with Crippen LogP contribution in [0.5, 0.6) is 5.75 Å². The van der Waals surface area contributed by atoms with E-state index in [1.54, 1.807) is 12.1 Å². The number of rotatable bonds is 4. The highest BCUT2D eigenvalue weighted by Crippen LogP contribution is 2.25. The number of benzene rings is 2. The average Bonchev–Trinajstić information content (AvgIpc) is 2.89. The van der Waals surface area contributed by atoms with E-state index in [4.69, 9.17) is 5.73 Å². The van der Waals surface area contributed by atoms with Crippen LogP contribution in [-0.2, 0) is 6.54 Å². The first-order chi connectivity index (χ1) is 10.2. The van der Waals surface area contributed by atoms with E-state index < -0.39 is 6.61 Å². The van der Waals surface area contributed by atoms with Crippen molar-refractivity contribution in [3.8, 4) is 17.1 Å². The Balaban J connectivity index is 1.99. The van der Waals surface area contributed by atoms with Gasteiger partial charge in [0.15, 0.2) is 0 Å². The van der Waals surface area contributed by atoms with Crippen LogP contribution in [0.25, 0.3) is 22.4 Å². The molecule has 108 valence electrons. The average molecular weight is 289 g/mol. The van der Waals surface area contributed by atoms with Crippen LogP contribution < -0.4 is 10.5 Å². The highest BCUT2D eigenvalue weighted by molar-refractivity contribution is 5.80. The van der Waals surface area contributed by atoms with Gasteiger partial charge in [0.1, 0.15) is 11.6 Å². The molecule has 0 aliphatic rings. The molecule has 0 radical (unpaired) electrons. The van der Waals surface area contributed by atoms with Crippen molar-refractivity contribution in [3.63, 3.8) is 0 Å². The van der Waals surface area contributed by atoms with Gasteiger partial charge >= 0.3 is 6.61 Å². The van der Waals surface area contributed by atoms with E-state index in [0.717, 1.165) is 16.6 Å². The van der Waals surface area contributed by atoms with Crippen LogP contribution in [-0.4, -0.2) is 16.6 Å². The Kier molecular flexibility index (Phi) is 3.53. The number of H-pyrrole nitrogens is 1. The predicted molar refractivity (Wildman–Crippen MR) is 76.1 cm³/mol. The summed E-state index contributed by atoms with van der Waals surface area (Å²) >= 11 is 0. The molecule has 0 bridgehead atoms. The SMILES string of the molecule is NCc1ccc2nc(-c3cccc(OC(F)F)c3)[nH]c2c1. The number of aromatic amines is 1. The molecule has 0 fully saturated rings. The fourth-order valence-corrected chi connectivity index (χ4v) is 2.14. The molecule has 3 N–H and O–H groups in total. The minimum Gasteiger partial charge on any atom is -0.435 e. The van der Waals surface area contributed by atoms with Gasteiger partial charge in [-0.3, -0.25) is 0 Å². The van der Waals surface area contributed by atoms with Gasteiger partial charge in [-0.2, -0.15) is 8.78 Å². The summed E-state index contributed by atoms with van der Waals surface area (Å²) in [6, 6.07) is 12.1. The largest absolute Gasteiger partial charge is 0.435 e.